The van der Waals surface area contributed by atoms with Crippen molar-refractivity contribution >= 4 is 11.9 Å². The highest BCUT2D eigenvalue weighted by molar-refractivity contribution is 5.92. The first-order valence-electron chi connectivity index (χ1n) is 11.9. The molecule has 1 aromatic carbocycles. The lowest BCUT2D eigenvalue weighted by Gasteiger charge is -2.44. The maximum atomic E-state index is 13.7. The Morgan fingerprint density at radius 2 is 1.97 bits per heavy atom. The minimum absolute atomic E-state index is 0.0107. The minimum atomic E-state index is -0.411. The number of likely N-dealkylation sites (N-methyl/N-ethyl adjacent to an activating group) is 1. The smallest absolute Gasteiger partial charge is 0.325 e. The van der Waals surface area contributed by atoms with Gasteiger partial charge in [-0.25, -0.2) is 4.79 Å². The van der Waals surface area contributed by atoms with E-state index in [2.05, 4.69) is 18.0 Å². The number of carbonyl (C=O) groups is 2. The number of H-pyrrole nitrogens is 1. The number of nitrogens with one attached hydrogen (secondary N) is 1. The summed E-state index contributed by atoms with van der Waals surface area (Å²) in [4.78, 5) is 35.4. The van der Waals surface area contributed by atoms with E-state index >= 15 is 0 Å². The van der Waals surface area contributed by atoms with Gasteiger partial charge in [-0.3, -0.25) is 9.69 Å². The highest BCUT2D eigenvalue weighted by atomic mass is 16.5. The van der Waals surface area contributed by atoms with Crippen LogP contribution in [0.5, 0.6) is 11.5 Å². The second-order valence-electron chi connectivity index (χ2n) is 9.26. The van der Waals surface area contributed by atoms with Crippen LogP contribution in [0.2, 0.25) is 0 Å². The van der Waals surface area contributed by atoms with Crippen LogP contribution in [0.1, 0.15) is 54.2 Å². The van der Waals surface area contributed by atoms with Gasteiger partial charge in [0.25, 0.3) is 5.91 Å². The van der Waals surface area contributed by atoms with Crippen molar-refractivity contribution in [2.75, 3.05) is 33.9 Å². The summed E-state index contributed by atoms with van der Waals surface area (Å²) in [7, 11) is 3.31. The molecule has 1 unspecified atom stereocenters. The van der Waals surface area contributed by atoms with Crippen molar-refractivity contribution in [3.63, 3.8) is 0 Å². The van der Waals surface area contributed by atoms with Crippen LogP contribution in [-0.2, 0) is 6.54 Å². The lowest BCUT2D eigenvalue weighted by atomic mass is 9.82. The predicted octanol–water partition coefficient (Wildman–Crippen LogP) is 3.97. The molecule has 2 aromatic rings. The monoisotopic (exact) mass is 464 g/mol. The molecule has 4 heterocycles. The molecule has 3 amide bonds. The molecule has 2 fully saturated rings. The first-order chi connectivity index (χ1) is 16.4. The van der Waals surface area contributed by atoms with Crippen LogP contribution in [0.3, 0.4) is 0 Å². The molecule has 8 heteroatoms. The Hall–Kier alpha value is -3.42. The molecule has 0 radical (unpaired) electrons. The van der Waals surface area contributed by atoms with E-state index in [4.69, 9.17) is 9.47 Å². The standard InChI is InChI=1S/C26H32N4O4/c1-5-30-25(32)29-16-18-14-19(33-3)15-21(34-4)23(18)17(2)13-22(29)26(30)8-11-28(12-9-26)24(31)20-7-6-10-27-20/h6-7,10,13-15,17,27H,5,8-9,11-12,16H2,1-4H3. The summed E-state index contributed by atoms with van der Waals surface area (Å²) in [6.07, 6.45) is 5.43. The van der Waals surface area contributed by atoms with Crippen molar-refractivity contribution in [3.05, 3.63) is 59.1 Å². The van der Waals surface area contributed by atoms with Gasteiger partial charge in [-0.2, -0.15) is 0 Å². The maximum absolute atomic E-state index is 13.7. The molecule has 5 rings (SSSR count). The van der Waals surface area contributed by atoms with Crippen LogP contribution in [0.15, 0.2) is 42.2 Å². The number of ether oxygens (including phenoxy) is 2. The quantitative estimate of drug-likeness (QED) is 0.743. The van der Waals surface area contributed by atoms with E-state index in [-0.39, 0.29) is 17.9 Å². The van der Waals surface area contributed by atoms with Crippen molar-refractivity contribution in [2.24, 2.45) is 0 Å². The van der Waals surface area contributed by atoms with Crippen molar-refractivity contribution in [2.45, 2.75) is 44.7 Å². The summed E-state index contributed by atoms with van der Waals surface area (Å²) in [6, 6.07) is 7.59. The number of carbonyl (C=O) groups excluding carboxylic acids is 2. The Labute approximate surface area is 200 Å². The molecule has 180 valence electrons. The average molecular weight is 465 g/mol. The van der Waals surface area contributed by atoms with Gasteiger partial charge < -0.3 is 24.3 Å². The summed E-state index contributed by atoms with van der Waals surface area (Å²) in [5.41, 5.74) is 3.37. The van der Waals surface area contributed by atoms with E-state index in [0.717, 1.165) is 28.3 Å². The normalized spacial score (nSPS) is 21.2. The molecule has 1 aromatic heterocycles. The van der Waals surface area contributed by atoms with Gasteiger partial charge in [0.2, 0.25) is 0 Å². The van der Waals surface area contributed by atoms with E-state index in [1.54, 1.807) is 26.5 Å². The summed E-state index contributed by atoms with van der Waals surface area (Å²) in [5, 5.41) is 0. The molecule has 0 bridgehead atoms. The number of fused-ring (bicyclic) bond motifs is 3. The molecule has 1 N–H and O–H groups in total. The molecule has 2 saturated heterocycles. The number of aromatic amines is 1. The number of likely N-dealkylation sites (tertiary alicyclic amines) is 1. The summed E-state index contributed by atoms with van der Waals surface area (Å²) >= 11 is 0. The number of rotatable bonds is 4. The van der Waals surface area contributed by atoms with E-state index in [9.17, 15) is 9.59 Å². The number of amides is 3. The fraction of sp³-hybridized carbons (Fsp3) is 0.462. The lowest BCUT2D eigenvalue weighted by molar-refractivity contribution is 0.0571. The molecule has 3 aliphatic rings. The largest absolute Gasteiger partial charge is 0.497 e. The van der Waals surface area contributed by atoms with Gasteiger partial charge in [-0.1, -0.05) is 13.0 Å². The summed E-state index contributed by atoms with van der Waals surface area (Å²) in [5.74, 6) is 1.57. The van der Waals surface area contributed by atoms with E-state index in [0.29, 0.717) is 44.7 Å². The first kappa shape index (κ1) is 22.4. The zero-order chi connectivity index (χ0) is 24.0. The van der Waals surface area contributed by atoms with Gasteiger partial charge in [0, 0.05) is 49.1 Å². The van der Waals surface area contributed by atoms with E-state index in [1.807, 2.05) is 39.8 Å². The second-order valence-corrected chi connectivity index (χ2v) is 9.26. The molecular weight excluding hydrogens is 432 g/mol. The number of urea groups is 1. The minimum Gasteiger partial charge on any atom is -0.497 e. The fourth-order valence-corrected chi connectivity index (χ4v) is 5.98. The molecule has 1 atom stereocenters. The average Bonchev–Trinajstić information content (AvgIpc) is 3.42. The third kappa shape index (κ3) is 3.27. The van der Waals surface area contributed by atoms with E-state index in [1.165, 1.54) is 0 Å². The Morgan fingerprint density at radius 1 is 1.21 bits per heavy atom. The number of piperidine rings is 1. The Kier molecular flexibility index (Phi) is 5.54. The summed E-state index contributed by atoms with van der Waals surface area (Å²) < 4.78 is 11.2. The molecular formula is C26H32N4O4. The summed E-state index contributed by atoms with van der Waals surface area (Å²) in [6.45, 7) is 6.49. The number of nitrogens with zero attached hydrogens (tertiary/aromatic N) is 3. The van der Waals surface area contributed by atoms with Crippen molar-refractivity contribution < 1.29 is 19.1 Å². The molecule has 0 aliphatic carbocycles. The van der Waals surface area contributed by atoms with Gasteiger partial charge in [0.1, 0.15) is 17.2 Å². The maximum Gasteiger partial charge on any atom is 0.325 e. The number of aromatic nitrogens is 1. The molecule has 3 aliphatic heterocycles. The van der Waals surface area contributed by atoms with E-state index < -0.39 is 5.54 Å². The van der Waals surface area contributed by atoms with Crippen LogP contribution in [0, 0.1) is 0 Å². The lowest BCUT2D eigenvalue weighted by Crippen LogP contribution is -2.54. The van der Waals surface area contributed by atoms with Gasteiger partial charge in [0.05, 0.1) is 26.3 Å². The van der Waals surface area contributed by atoms with Crippen LogP contribution in [0.25, 0.3) is 0 Å². The topological polar surface area (TPSA) is 78.1 Å². The van der Waals surface area contributed by atoms with Gasteiger partial charge in [0.15, 0.2) is 0 Å². The molecule has 8 nitrogen and oxygen atoms in total. The Morgan fingerprint density at radius 3 is 2.59 bits per heavy atom. The van der Waals surface area contributed by atoms with Crippen molar-refractivity contribution in [1.82, 2.24) is 19.7 Å². The van der Waals surface area contributed by atoms with Crippen LogP contribution < -0.4 is 9.47 Å². The third-order valence-corrected chi connectivity index (χ3v) is 7.62. The van der Waals surface area contributed by atoms with Crippen molar-refractivity contribution in [3.8, 4) is 11.5 Å². The zero-order valence-corrected chi connectivity index (χ0v) is 20.3. The number of methoxy groups -OCH3 is 2. The highest BCUT2D eigenvalue weighted by Crippen LogP contribution is 2.49. The predicted molar refractivity (Wildman–Crippen MR) is 128 cm³/mol. The number of benzene rings is 1. The number of hydrogen-bond donors (Lipinski definition) is 1. The van der Waals surface area contributed by atoms with Crippen LogP contribution >= 0.6 is 0 Å². The third-order valence-electron chi connectivity index (χ3n) is 7.62. The zero-order valence-electron chi connectivity index (χ0n) is 20.3. The second kappa shape index (κ2) is 8.42. The van der Waals surface area contributed by atoms with Gasteiger partial charge in [-0.05, 0) is 43.5 Å². The first-order valence-corrected chi connectivity index (χ1v) is 11.9. The fourth-order valence-electron chi connectivity index (χ4n) is 5.98. The van der Waals surface area contributed by atoms with Crippen LogP contribution in [-0.4, -0.2) is 71.0 Å². The Balaban J connectivity index is 1.51. The SMILES string of the molecule is CCN1C(=O)N2Cc3cc(OC)cc(OC)c3C(C)C=C2C12CCN(C(=O)c1ccc[nH]1)CC2. The highest BCUT2D eigenvalue weighted by Gasteiger charge is 2.55. The number of allylic oxidation sites excluding steroid dienone is 1. The molecule has 1 spiro atoms. The Bertz CT molecular complexity index is 1130. The van der Waals surface area contributed by atoms with Gasteiger partial charge in [-0.15, -0.1) is 0 Å². The number of hydrogen-bond acceptors (Lipinski definition) is 4. The molecule has 34 heavy (non-hydrogen) atoms. The van der Waals surface area contributed by atoms with Crippen LogP contribution in [0.4, 0.5) is 4.79 Å². The van der Waals surface area contributed by atoms with Crippen molar-refractivity contribution in [1.29, 1.82) is 0 Å². The molecule has 0 saturated carbocycles. The van der Waals surface area contributed by atoms with Gasteiger partial charge >= 0.3 is 6.03 Å².